The van der Waals surface area contributed by atoms with Gasteiger partial charge in [0, 0.05) is 22.7 Å². The number of thioether (sulfide) groups is 1. The lowest BCUT2D eigenvalue weighted by Crippen LogP contribution is -2.31. The van der Waals surface area contributed by atoms with Crippen LogP contribution in [-0.2, 0) is 29.1 Å². The van der Waals surface area contributed by atoms with Crippen molar-refractivity contribution >= 4 is 62.5 Å². The Morgan fingerprint density at radius 3 is 2.34 bits per heavy atom. The van der Waals surface area contributed by atoms with E-state index in [0.29, 0.717) is 11.4 Å². The Hall–Kier alpha value is -4.20. The molecule has 1 saturated heterocycles. The van der Waals surface area contributed by atoms with Gasteiger partial charge in [-0.05, 0) is 66.7 Å². The predicted octanol–water partition coefficient (Wildman–Crippen LogP) is 2.14. The van der Waals surface area contributed by atoms with Gasteiger partial charge in [0.15, 0.2) is 6.61 Å². The monoisotopic (exact) mass is 554 g/mol. The van der Waals surface area contributed by atoms with Gasteiger partial charge < -0.3 is 15.8 Å². The first-order valence-corrected chi connectivity index (χ1v) is 13.5. The number of carbonyl (C=O) groups is 4. The van der Waals surface area contributed by atoms with Gasteiger partial charge in [-0.15, -0.1) is 11.8 Å². The second-order valence-electron chi connectivity index (χ2n) is 8.19. The number of sulfonamides is 1. The van der Waals surface area contributed by atoms with Crippen molar-refractivity contribution in [2.24, 2.45) is 5.14 Å². The quantitative estimate of drug-likeness (QED) is 0.214. The second-order valence-corrected chi connectivity index (χ2v) is 11.0. The Balaban J connectivity index is 1.32. The first-order valence-electron chi connectivity index (χ1n) is 11.1. The van der Waals surface area contributed by atoms with E-state index in [9.17, 15) is 27.6 Å². The fourth-order valence-corrected chi connectivity index (χ4v) is 5.24. The Labute approximate surface area is 222 Å². The number of rotatable bonds is 8. The number of nitrogens with one attached hydrogen (secondary N) is 1. The van der Waals surface area contributed by atoms with E-state index < -0.39 is 33.8 Å². The summed E-state index contributed by atoms with van der Waals surface area (Å²) < 4.78 is 27.6. The van der Waals surface area contributed by atoms with Crippen molar-refractivity contribution in [1.29, 1.82) is 0 Å². The van der Waals surface area contributed by atoms with Crippen LogP contribution in [0.3, 0.4) is 0 Å². The molecule has 1 atom stereocenters. The van der Waals surface area contributed by atoms with Crippen LogP contribution < -0.4 is 21.1 Å². The smallest absolute Gasteiger partial charge is 0.338 e. The van der Waals surface area contributed by atoms with Crippen molar-refractivity contribution < 1.29 is 32.3 Å². The van der Waals surface area contributed by atoms with Crippen LogP contribution in [0.4, 0.5) is 17.1 Å². The molecule has 0 bridgehead atoms. The number of hydrogen-bond donors (Lipinski definition) is 3. The van der Waals surface area contributed by atoms with Crippen LogP contribution in [0.1, 0.15) is 16.8 Å². The number of nitrogen functional groups attached to an aromatic ring is 1. The topological polar surface area (TPSA) is 179 Å². The molecule has 1 unspecified atom stereocenters. The molecule has 0 saturated carbocycles. The number of ether oxygens (including phenoxy) is 1. The Morgan fingerprint density at radius 2 is 1.71 bits per heavy atom. The minimum absolute atomic E-state index is 0.0297. The number of amides is 3. The van der Waals surface area contributed by atoms with Gasteiger partial charge in [-0.3, -0.25) is 14.4 Å². The highest BCUT2D eigenvalue weighted by molar-refractivity contribution is 8.00. The lowest BCUT2D eigenvalue weighted by molar-refractivity contribution is -0.121. The number of anilines is 3. The Kier molecular flexibility index (Phi) is 7.80. The van der Waals surface area contributed by atoms with Crippen LogP contribution in [-0.4, -0.2) is 44.0 Å². The van der Waals surface area contributed by atoms with Gasteiger partial charge in [-0.1, -0.05) is 6.07 Å². The normalized spacial score (nSPS) is 15.4. The van der Waals surface area contributed by atoms with Gasteiger partial charge in [0.2, 0.25) is 21.8 Å². The van der Waals surface area contributed by atoms with E-state index >= 15 is 0 Å². The molecule has 11 nitrogen and oxygen atoms in total. The summed E-state index contributed by atoms with van der Waals surface area (Å²) in [5.41, 5.74) is 7.06. The van der Waals surface area contributed by atoms with Crippen molar-refractivity contribution in [1.82, 2.24) is 0 Å². The van der Waals surface area contributed by atoms with Gasteiger partial charge >= 0.3 is 5.97 Å². The molecule has 0 spiro atoms. The third kappa shape index (κ3) is 6.37. The number of imide groups is 1. The molecule has 1 aliphatic rings. The zero-order chi connectivity index (χ0) is 27.4. The summed E-state index contributed by atoms with van der Waals surface area (Å²) in [5.74, 6) is -2.16. The SMILES string of the molecule is Nc1cccc(SC2CC(=O)N(c3ccc(C(=O)OCC(=O)Nc4ccc(S(N)(=O)=O)cc4)cc3)C2=O)c1. The summed E-state index contributed by atoms with van der Waals surface area (Å²) in [5, 5.41) is 6.90. The zero-order valence-corrected chi connectivity index (χ0v) is 21.3. The van der Waals surface area contributed by atoms with Crippen molar-refractivity contribution in [3.63, 3.8) is 0 Å². The summed E-state index contributed by atoms with van der Waals surface area (Å²) in [7, 11) is -3.86. The first-order chi connectivity index (χ1) is 18.0. The molecule has 0 aliphatic carbocycles. The average Bonchev–Trinajstić information content (AvgIpc) is 3.14. The van der Waals surface area contributed by atoms with Crippen molar-refractivity contribution in [2.45, 2.75) is 21.5 Å². The summed E-state index contributed by atoms with van der Waals surface area (Å²) in [6.45, 7) is -0.594. The number of nitrogens with two attached hydrogens (primary N) is 2. The molecule has 38 heavy (non-hydrogen) atoms. The van der Waals surface area contributed by atoms with E-state index in [-0.39, 0.29) is 34.4 Å². The Bertz CT molecular complexity index is 1510. The number of carbonyl (C=O) groups excluding carboxylic acids is 4. The number of nitrogens with zero attached hydrogens (tertiary/aromatic N) is 1. The van der Waals surface area contributed by atoms with Gasteiger partial charge in [0.05, 0.1) is 21.4 Å². The molecule has 1 fully saturated rings. The van der Waals surface area contributed by atoms with Gasteiger partial charge in [0.1, 0.15) is 0 Å². The van der Waals surface area contributed by atoms with E-state index in [0.717, 1.165) is 9.80 Å². The molecule has 0 radical (unpaired) electrons. The predicted molar refractivity (Wildman–Crippen MR) is 141 cm³/mol. The maximum absolute atomic E-state index is 12.9. The molecule has 0 aromatic heterocycles. The van der Waals surface area contributed by atoms with Crippen LogP contribution in [0.25, 0.3) is 0 Å². The van der Waals surface area contributed by atoms with Gasteiger partial charge in [0.25, 0.3) is 5.91 Å². The molecule has 3 aromatic carbocycles. The highest BCUT2D eigenvalue weighted by atomic mass is 32.2. The maximum atomic E-state index is 12.9. The number of hydrogen-bond acceptors (Lipinski definition) is 9. The summed E-state index contributed by atoms with van der Waals surface area (Å²) in [6, 6.07) is 17.9. The summed E-state index contributed by atoms with van der Waals surface area (Å²) in [4.78, 5) is 51.7. The fraction of sp³-hybridized carbons (Fsp3) is 0.120. The molecule has 3 aromatic rings. The number of esters is 1. The highest BCUT2D eigenvalue weighted by Gasteiger charge is 2.40. The van der Waals surface area contributed by atoms with E-state index in [1.807, 2.05) is 6.07 Å². The number of benzene rings is 3. The van der Waals surface area contributed by atoms with Crippen LogP contribution in [0.5, 0.6) is 0 Å². The van der Waals surface area contributed by atoms with E-state index in [1.165, 1.54) is 60.3 Å². The minimum atomic E-state index is -3.86. The van der Waals surface area contributed by atoms with Gasteiger partial charge in [-0.2, -0.15) is 0 Å². The zero-order valence-electron chi connectivity index (χ0n) is 19.7. The molecule has 4 rings (SSSR count). The molecular weight excluding hydrogens is 532 g/mol. The molecule has 3 amide bonds. The standard InChI is InChI=1S/C25H22N4O7S2/c26-16-2-1-3-19(12-16)37-21-13-23(31)29(24(21)32)18-8-4-15(5-9-18)25(33)36-14-22(30)28-17-6-10-20(11-7-17)38(27,34)35/h1-12,21H,13-14,26H2,(H,28,30)(H2,27,34,35). The summed E-state index contributed by atoms with van der Waals surface area (Å²) in [6.07, 6.45) is 0.0297. The van der Waals surface area contributed by atoms with Crippen LogP contribution in [0.15, 0.2) is 82.6 Å². The van der Waals surface area contributed by atoms with Crippen molar-refractivity contribution in [3.8, 4) is 0 Å². The maximum Gasteiger partial charge on any atom is 0.338 e. The molecule has 1 aliphatic heterocycles. The van der Waals surface area contributed by atoms with Crippen molar-refractivity contribution in [3.05, 3.63) is 78.4 Å². The Morgan fingerprint density at radius 1 is 1.03 bits per heavy atom. The lowest BCUT2D eigenvalue weighted by Gasteiger charge is -2.15. The fourth-order valence-electron chi connectivity index (χ4n) is 3.61. The van der Waals surface area contributed by atoms with Crippen LogP contribution in [0.2, 0.25) is 0 Å². The molecular formula is C25H22N4O7S2. The molecule has 13 heteroatoms. The number of primary sulfonamides is 1. The summed E-state index contributed by atoms with van der Waals surface area (Å²) >= 11 is 1.26. The molecule has 5 N–H and O–H groups in total. The van der Waals surface area contributed by atoms with E-state index in [4.69, 9.17) is 15.6 Å². The van der Waals surface area contributed by atoms with Crippen LogP contribution in [0, 0.1) is 0 Å². The minimum Gasteiger partial charge on any atom is -0.452 e. The average molecular weight is 555 g/mol. The highest BCUT2D eigenvalue weighted by Crippen LogP contribution is 2.34. The third-order valence-electron chi connectivity index (χ3n) is 5.40. The lowest BCUT2D eigenvalue weighted by atomic mass is 10.2. The van der Waals surface area contributed by atoms with Crippen LogP contribution >= 0.6 is 11.8 Å². The van der Waals surface area contributed by atoms with Crippen molar-refractivity contribution in [2.75, 3.05) is 22.6 Å². The molecule has 196 valence electrons. The largest absolute Gasteiger partial charge is 0.452 e. The second kappa shape index (κ2) is 11.0. The first kappa shape index (κ1) is 26.9. The van der Waals surface area contributed by atoms with E-state index in [1.54, 1.807) is 18.2 Å². The third-order valence-corrected chi connectivity index (χ3v) is 7.51. The van der Waals surface area contributed by atoms with E-state index in [2.05, 4.69) is 5.32 Å². The van der Waals surface area contributed by atoms with Gasteiger partial charge in [-0.25, -0.2) is 23.3 Å². The molecule has 1 heterocycles.